The molecular formula is C11H7F4NO2. The predicted molar refractivity (Wildman–Crippen MR) is 53.8 cm³/mol. The number of halogens is 4. The maximum absolute atomic E-state index is 13.3. The number of nitrogens with two attached hydrogens (primary N) is 1. The van der Waals surface area contributed by atoms with Crippen LogP contribution in [0.15, 0.2) is 18.2 Å². The predicted octanol–water partition coefficient (Wildman–Crippen LogP) is 1.95. The van der Waals surface area contributed by atoms with Crippen molar-refractivity contribution in [2.75, 3.05) is 0 Å². The molecule has 1 aromatic rings. The van der Waals surface area contributed by atoms with E-state index in [4.69, 9.17) is 5.73 Å². The van der Waals surface area contributed by atoms with Crippen LogP contribution in [0.4, 0.5) is 17.6 Å². The van der Waals surface area contributed by atoms with E-state index in [1.54, 1.807) is 0 Å². The lowest BCUT2D eigenvalue weighted by Crippen LogP contribution is -2.17. The molecule has 7 heteroatoms. The van der Waals surface area contributed by atoms with Gasteiger partial charge in [-0.3, -0.25) is 4.79 Å². The minimum absolute atomic E-state index is 0.147. The molecule has 1 aromatic carbocycles. The average Bonchev–Trinajstić information content (AvgIpc) is 2.18. The standard InChI is InChI=1S/C11H7F4NO2/c12-9-6-8(18-11(13,14)15)5-4-7(9)2-1-3-10(16)17/h4-6H,3H2,(H2,16,17). The number of carbonyl (C=O) groups is 1. The van der Waals surface area contributed by atoms with Crippen LogP contribution in [0.25, 0.3) is 0 Å². The van der Waals surface area contributed by atoms with Gasteiger partial charge in [-0.25, -0.2) is 4.39 Å². The number of hydrogen-bond acceptors (Lipinski definition) is 2. The van der Waals surface area contributed by atoms with Crippen molar-refractivity contribution in [3.8, 4) is 17.6 Å². The highest BCUT2D eigenvalue weighted by molar-refractivity contribution is 5.76. The highest BCUT2D eigenvalue weighted by atomic mass is 19.4. The van der Waals surface area contributed by atoms with E-state index in [1.807, 2.05) is 0 Å². The summed E-state index contributed by atoms with van der Waals surface area (Å²) in [5.41, 5.74) is 4.66. The zero-order chi connectivity index (χ0) is 13.8. The Kier molecular flexibility index (Phi) is 4.15. The summed E-state index contributed by atoms with van der Waals surface area (Å²) < 4.78 is 52.3. The Morgan fingerprint density at radius 3 is 2.56 bits per heavy atom. The van der Waals surface area contributed by atoms with Gasteiger partial charge in [0.15, 0.2) is 0 Å². The second-order valence-corrected chi connectivity index (χ2v) is 3.13. The highest BCUT2D eigenvalue weighted by Crippen LogP contribution is 2.24. The van der Waals surface area contributed by atoms with Crippen molar-refractivity contribution < 1.29 is 27.1 Å². The molecule has 0 atom stereocenters. The molecule has 0 fully saturated rings. The fourth-order valence-corrected chi connectivity index (χ4v) is 1.02. The third kappa shape index (κ3) is 4.74. The number of carbonyl (C=O) groups excluding carboxylic acids is 1. The molecule has 0 heterocycles. The Balaban J connectivity index is 2.85. The van der Waals surface area contributed by atoms with Crippen LogP contribution in [0.5, 0.6) is 5.75 Å². The normalized spacial score (nSPS) is 10.4. The fourth-order valence-electron chi connectivity index (χ4n) is 1.02. The third-order valence-corrected chi connectivity index (χ3v) is 1.66. The van der Waals surface area contributed by atoms with Gasteiger partial charge in [-0.05, 0) is 12.1 Å². The molecule has 0 saturated heterocycles. The van der Waals surface area contributed by atoms with Crippen LogP contribution in [-0.2, 0) is 4.79 Å². The molecule has 0 radical (unpaired) electrons. The van der Waals surface area contributed by atoms with Crippen molar-refractivity contribution >= 4 is 5.91 Å². The van der Waals surface area contributed by atoms with Gasteiger partial charge in [0.25, 0.3) is 0 Å². The van der Waals surface area contributed by atoms with Gasteiger partial charge < -0.3 is 10.5 Å². The number of rotatable bonds is 2. The Hall–Kier alpha value is -2.23. The monoisotopic (exact) mass is 261 g/mol. The van der Waals surface area contributed by atoms with E-state index in [0.29, 0.717) is 6.07 Å². The summed E-state index contributed by atoms with van der Waals surface area (Å²) in [6.07, 6.45) is -5.15. The number of benzene rings is 1. The van der Waals surface area contributed by atoms with Crippen molar-refractivity contribution in [2.24, 2.45) is 5.73 Å². The first kappa shape index (κ1) is 13.8. The molecule has 1 amide bonds. The first-order valence-electron chi connectivity index (χ1n) is 4.60. The zero-order valence-corrected chi connectivity index (χ0v) is 8.84. The van der Waals surface area contributed by atoms with E-state index in [1.165, 1.54) is 0 Å². The Morgan fingerprint density at radius 1 is 1.39 bits per heavy atom. The van der Waals surface area contributed by atoms with Crippen LogP contribution < -0.4 is 10.5 Å². The van der Waals surface area contributed by atoms with Gasteiger partial charge in [-0.15, -0.1) is 13.2 Å². The van der Waals surface area contributed by atoms with Gasteiger partial charge in [0, 0.05) is 6.07 Å². The van der Waals surface area contributed by atoms with Crippen molar-refractivity contribution in [2.45, 2.75) is 12.8 Å². The van der Waals surface area contributed by atoms with E-state index in [9.17, 15) is 22.4 Å². The van der Waals surface area contributed by atoms with Gasteiger partial charge in [0.1, 0.15) is 11.6 Å². The van der Waals surface area contributed by atoms with E-state index in [-0.39, 0.29) is 12.0 Å². The van der Waals surface area contributed by atoms with E-state index in [2.05, 4.69) is 16.6 Å². The van der Waals surface area contributed by atoms with Crippen molar-refractivity contribution in [3.63, 3.8) is 0 Å². The fraction of sp³-hybridized carbons (Fsp3) is 0.182. The molecule has 18 heavy (non-hydrogen) atoms. The lowest BCUT2D eigenvalue weighted by molar-refractivity contribution is -0.274. The average molecular weight is 261 g/mol. The molecule has 0 bridgehead atoms. The number of hydrogen-bond donors (Lipinski definition) is 1. The molecule has 0 aliphatic heterocycles. The topological polar surface area (TPSA) is 52.3 Å². The molecular weight excluding hydrogens is 254 g/mol. The maximum Gasteiger partial charge on any atom is 0.573 e. The molecule has 3 nitrogen and oxygen atoms in total. The molecule has 0 aromatic heterocycles. The van der Waals surface area contributed by atoms with Gasteiger partial charge in [-0.1, -0.05) is 11.8 Å². The van der Waals surface area contributed by atoms with Crippen LogP contribution in [0.1, 0.15) is 12.0 Å². The lowest BCUT2D eigenvalue weighted by Gasteiger charge is -2.08. The quantitative estimate of drug-likeness (QED) is 0.653. The highest BCUT2D eigenvalue weighted by Gasteiger charge is 2.31. The van der Waals surface area contributed by atoms with Crippen LogP contribution in [0.2, 0.25) is 0 Å². The summed E-state index contributed by atoms with van der Waals surface area (Å²) in [5, 5.41) is 0. The molecule has 2 N–H and O–H groups in total. The van der Waals surface area contributed by atoms with Crippen LogP contribution in [0.3, 0.4) is 0 Å². The Bertz CT molecular complexity index is 514. The summed E-state index contributed by atoms with van der Waals surface area (Å²) >= 11 is 0. The lowest BCUT2D eigenvalue weighted by atomic mass is 10.2. The summed E-state index contributed by atoms with van der Waals surface area (Å²) in [6, 6.07) is 2.50. The first-order valence-corrected chi connectivity index (χ1v) is 4.60. The van der Waals surface area contributed by atoms with Gasteiger partial charge in [0.05, 0.1) is 12.0 Å². The summed E-state index contributed by atoms with van der Waals surface area (Å²) in [6.45, 7) is 0. The zero-order valence-electron chi connectivity index (χ0n) is 8.84. The Labute approximate surface area is 99.5 Å². The second kappa shape index (κ2) is 5.40. The number of alkyl halides is 3. The minimum atomic E-state index is -4.88. The number of amides is 1. The minimum Gasteiger partial charge on any atom is -0.406 e. The molecule has 0 aliphatic rings. The summed E-state index contributed by atoms with van der Waals surface area (Å²) in [5.74, 6) is 2.21. The maximum atomic E-state index is 13.3. The second-order valence-electron chi connectivity index (χ2n) is 3.13. The van der Waals surface area contributed by atoms with Gasteiger partial charge >= 0.3 is 6.36 Å². The number of ether oxygens (including phenoxy) is 1. The van der Waals surface area contributed by atoms with E-state index in [0.717, 1.165) is 12.1 Å². The Morgan fingerprint density at radius 2 is 2.06 bits per heavy atom. The first-order chi connectivity index (χ1) is 8.28. The van der Waals surface area contributed by atoms with Gasteiger partial charge in [0.2, 0.25) is 5.91 Å². The van der Waals surface area contributed by atoms with Crippen molar-refractivity contribution in [1.29, 1.82) is 0 Å². The van der Waals surface area contributed by atoms with Crippen molar-refractivity contribution in [3.05, 3.63) is 29.6 Å². The van der Waals surface area contributed by atoms with Crippen LogP contribution >= 0.6 is 0 Å². The molecule has 0 saturated carbocycles. The summed E-state index contributed by atoms with van der Waals surface area (Å²) in [4.78, 5) is 10.4. The molecule has 0 unspecified atom stereocenters. The largest absolute Gasteiger partial charge is 0.573 e. The van der Waals surface area contributed by atoms with Crippen molar-refractivity contribution in [1.82, 2.24) is 0 Å². The van der Waals surface area contributed by atoms with Crippen LogP contribution in [-0.4, -0.2) is 12.3 Å². The smallest absolute Gasteiger partial charge is 0.406 e. The number of primary amides is 1. The van der Waals surface area contributed by atoms with Gasteiger partial charge in [-0.2, -0.15) is 0 Å². The molecule has 1 rings (SSSR count). The SMILES string of the molecule is NC(=O)CC#Cc1ccc(OC(F)(F)F)cc1F. The van der Waals surface area contributed by atoms with E-state index >= 15 is 0 Å². The van der Waals surface area contributed by atoms with Crippen LogP contribution in [0, 0.1) is 17.7 Å². The third-order valence-electron chi connectivity index (χ3n) is 1.66. The molecule has 0 aliphatic carbocycles. The van der Waals surface area contributed by atoms with E-state index < -0.39 is 23.8 Å². The molecule has 96 valence electrons. The molecule has 0 spiro atoms. The summed E-state index contributed by atoms with van der Waals surface area (Å²) in [7, 11) is 0.